The van der Waals surface area contributed by atoms with Crippen LogP contribution in [0.1, 0.15) is 41.5 Å². The summed E-state index contributed by atoms with van der Waals surface area (Å²) in [4.78, 5) is 58.9. The fourth-order valence-electron chi connectivity index (χ4n) is 4.40. The van der Waals surface area contributed by atoms with E-state index in [1.54, 1.807) is 25.6 Å². The minimum absolute atomic E-state index is 0.0175. The number of rotatable bonds is 8. The van der Waals surface area contributed by atoms with Gasteiger partial charge in [-0.3, -0.25) is 24.5 Å². The summed E-state index contributed by atoms with van der Waals surface area (Å²) in [5, 5.41) is 26.1. The summed E-state index contributed by atoms with van der Waals surface area (Å²) in [5.41, 5.74) is 4.90. The summed E-state index contributed by atoms with van der Waals surface area (Å²) in [7, 11) is 10.3. The number of aliphatic carboxylic acids is 1. The number of carboxylic acid groups (broad SMARTS) is 1. The van der Waals surface area contributed by atoms with Gasteiger partial charge in [0.05, 0.1) is 18.4 Å². The van der Waals surface area contributed by atoms with Crippen LogP contribution in [0.4, 0.5) is 9.59 Å². The molecule has 3 rings (SSSR count). The standard InChI is InChI=1S/C9H15BN2O3S.C8H15ClN2OS.C7H10BNO3S.C2H6ClN/c1-9(2)6(7(14)11-3-4-13)12(5-16-9)8(10)15;1-8(2)6(11-5-13-8)7(12)10-4-3-9;1-7(2)4(5(10)11)9(3-13-7)6(8)12;3-1-2-4/h6,13H,3-5H2,1-2H3,(H,11,14);6,11H,3-5H2,1-2H3,(H,10,12);4H,3H2,1-2H3,(H,10,11);1-2,4H2/t2*6-;4-;/m111./s1. The molecule has 0 aromatic rings. The van der Waals surface area contributed by atoms with Gasteiger partial charge in [-0.05, 0) is 41.5 Å². The molecule has 260 valence electrons. The summed E-state index contributed by atoms with van der Waals surface area (Å²) < 4.78 is -0.855. The van der Waals surface area contributed by atoms with E-state index < -0.39 is 34.4 Å². The SMILES string of the molecule is CC1(C)SCN[C@@H]1C(=O)NCCCl.NCCCl.[B]C(=O)N1CSC(C)(C)[C@H]1C(=O)NCCO.[B]C(=O)N1CSC(C)(C)[C@H]1C(=O)O. The van der Waals surface area contributed by atoms with Crippen LogP contribution < -0.4 is 21.7 Å². The van der Waals surface area contributed by atoms with Gasteiger partial charge in [-0.1, -0.05) is 0 Å². The molecule has 20 heteroatoms. The summed E-state index contributed by atoms with van der Waals surface area (Å²) in [6.07, 6.45) is 0. The zero-order chi connectivity index (χ0) is 35.9. The lowest BCUT2D eigenvalue weighted by Gasteiger charge is -2.29. The molecule has 3 atom stereocenters. The number of nitrogens with zero attached hydrogens (tertiary/aromatic N) is 2. The van der Waals surface area contributed by atoms with Crippen LogP contribution in [0, 0.1) is 0 Å². The normalized spacial score (nSPS) is 23.4. The molecule has 3 aliphatic rings. The lowest BCUT2D eigenvalue weighted by Crippen LogP contribution is -2.53. The Morgan fingerprint density at radius 3 is 1.63 bits per heavy atom. The zero-order valence-electron chi connectivity index (χ0n) is 27.1. The predicted octanol–water partition coefficient (Wildman–Crippen LogP) is 1.02. The van der Waals surface area contributed by atoms with Crippen molar-refractivity contribution in [2.24, 2.45) is 5.73 Å². The highest BCUT2D eigenvalue weighted by atomic mass is 35.5. The van der Waals surface area contributed by atoms with Crippen molar-refractivity contribution in [2.45, 2.75) is 73.9 Å². The van der Waals surface area contributed by atoms with E-state index in [1.165, 1.54) is 33.3 Å². The maximum absolute atomic E-state index is 11.8. The molecule has 0 aromatic heterocycles. The fourth-order valence-corrected chi connectivity index (χ4v) is 7.74. The van der Waals surface area contributed by atoms with Crippen molar-refractivity contribution in [3.05, 3.63) is 0 Å². The van der Waals surface area contributed by atoms with E-state index in [1.807, 2.05) is 13.8 Å². The number of halogens is 2. The monoisotopic (exact) mass is 742 g/mol. The second kappa shape index (κ2) is 21.2. The molecule has 0 aliphatic carbocycles. The van der Waals surface area contributed by atoms with Crippen molar-refractivity contribution in [1.29, 1.82) is 0 Å². The van der Waals surface area contributed by atoms with Crippen LogP contribution >= 0.6 is 58.5 Å². The average Bonchev–Trinajstić information content (AvgIpc) is 3.61. The molecular formula is C26H46B2Cl2N6O7S3. The molecule has 0 spiro atoms. The number of nitrogens with two attached hydrogens (primary N) is 1. The van der Waals surface area contributed by atoms with Crippen LogP contribution in [0.3, 0.4) is 0 Å². The number of carbonyl (C=O) groups excluding carboxylic acids is 4. The maximum Gasteiger partial charge on any atom is 0.327 e. The summed E-state index contributed by atoms with van der Waals surface area (Å²) in [5.74, 6) is 0.136. The van der Waals surface area contributed by atoms with E-state index in [0.717, 1.165) is 5.88 Å². The Labute approximate surface area is 297 Å². The number of aliphatic hydroxyl groups is 1. The van der Waals surface area contributed by atoms with Crippen molar-refractivity contribution in [3.63, 3.8) is 0 Å². The number of nitrogens with one attached hydrogen (secondary N) is 3. The number of hydrogen-bond acceptors (Lipinski definition) is 11. The van der Waals surface area contributed by atoms with E-state index in [0.29, 0.717) is 36.6 Å². The smallest absolute Gasteiger partial charge is 0.327 e. The molecule has 4 radical (unpaired) electrons. The molecule has 3 saturated heterocycles. The lowest BCUT2D eigenvalue weighted by atomic mass is 9.98. The average molecular weight is 743 g/mol. The second-order valence-corrected chi connectivity index (χ2v) is 17.1. The Morgan fingerprint density at radius 1 is 0.826 bits per heavy atom. The van der Waals surface area contributed by atoms with E-state index >= 15 is 0 Å². The molecule has 7 N–H and O–H groups in total. The quantitative estimate of drug-likeness (QED) is 0.153. The van der Waals surface area contributed by atoms with Crippen molar-refractivity contribution in [3.8, 4) is 0 Å². The molecule has 0 aromatic carbocycles. The molecule has 0 saturated carbocycles. The Hall–Kier alpha value is -1.01. The number of carbonyl (C=O) groups is 5. The molecule has 3 heterocycles. The van der Waals surface area contributed by atoms with Gasteiger partial charge in [0.25, 0.3) is 0 Å². The third-order valence-electron chi connectivity index (χ3n) is 6.74. The molecular weight excluding hydrogens is 697 g/mol. The van der Waals surface area contributed by atoms with E-state index in [-0.39, 0.29) is 40.5 Å². The molecule has 4 amide bonds. The number of thioether (sulfide) groups is 3. The van der Waals surface area contributed by atoms with Gasteiger partial charge < -0.3 is 36.4 Å². The van der Waals surface area contributed by atoms with E-state index in [4.69, 9.17) is 54.8 Å². The van der Waals surface area contributed by atoms with Gasteiger partial charge in [0.15, 0.2) is 11.6 Å². The molecule has 13 nitrogen and oxygen atoms in total. The van der Waals surface area contributed by atoms with E-state index in [9.17, 15) is 24.0 Å². The topological polar surface area (TPSA) is 194 Å². The fraction of sp³-hybridized carbons (Fsp3) is 0.808. The van der Waals surface area contributed by atoms with Crippen LogP contribution in [0.25, 0.3) is 0 Å². The molecule has 3 aliphatic heterocycles. The first kappa shape index (κ1) is 45.0. The summed E-state index contributed by atoms with van der Waals surface area (Å²) in [6.45, 7) is 12.7. The first-order valence-electron chi connectivity index (χ1n) is 14.2. The molecule has 0 unspecified atom stereocenters. The van der Waals surface area contributed by atoms with Gasteiger partial charge in [0.2, 0.25) is 27.5 Å². The Balaban J connectivity index is 0.000000627. The second-order valence-electron chi connectivity index (χ2n) is 11.5. The minimum Gasteiger partial charge on any atom is -0.480 e. The van der Waals surface area contributed by atoms with Gasteiger partial charge in [-0.15, -0.1) is 58.5 Å². The van der Waals surface area contributed by atoms with Gasteiger partial charge in [-0.25, -0.2) is 4.79 Å². The number of aliphatic hydroxyl groups excluding tert-OH is 1. The van der Waals surface area contributed by atoms with Gasteiger partial charge in [-0.2, -0.15) is 0 Å². The Morgan fingerprint density at radius 2 is 1.28 bits per heavy atom. The van der Waals surface area contributed by atoms with E-state index in [2.05, 4.69) is 29.8 Å². The van der Waals surface area contributed by atoms with Crippen LogP contribution in [0.2, 0.25) is 0 Å². The Kier molecular flexibility index (Phi) is 20.7. The highest BCUT2D eigenvalue weighted by Gasteiger charge is 2.47. The largest absolute Gasteiger partial charge is 0.480 e. The highest BCUT2D eigenvalue weighted by molar-refractivity contribution is 8.01. The number of carboxylic acids is 1. The number of hydrogen-bond donors (Lipinski definition) is 6. The zero-order valence-corrected chi connectivity index (χ0v) is 31.1. The third-order valence-corrected chi connectivity index (χ3v) is 11.2. The van der Waals surface area contributed by atoms with Crippen molar-refractivity contribution < 1.29 is 34.2 Å². The molecule has 46 heavy (non-hydrogen) atoms. The maximum atomic E-state index is 11.8. The van der Waals surface area contributed by atoms with Crippen molar-refractivity contribution in [1.82, 2.24) is 25.8 Å². The summed E-state index contributed by atoms with van der Waals surface area (Å²) >= 11 is 15.2. The third kappa shape index (κ3) is 14.2. The molecule has 3 fully saturated rings. The van der Waals surface area contributed by atoms with Gasteiger partial charge in [0, 0.05) is 51.5 Å². The van der Waals surface area contributed by atoms with Gasteiger partial charge in [0.1, 0.15) is 18.1 Å². The van der Waals surface area contributed by atoms with Crippen LogP contribution in [-0.4, -0.2) is 153 Å². The summed E-state index contributed by atoms with van der Waals surface area (Å²) in [6, 6.07) is -1.50. The first-order valence-corrected chi connectivity index (χ1v) is 18.3. The van der Waals surface area contributed by atoms with Crippen molar-refractivity contribution >= 4 is 104 Å². The minimum atomic E-state index is -1.01. The first-order chi connectivity index (χ1) is 21.2. The van der Waals surface area contributed by atoms with Crippen LogP contribution in [-0.2, 0) is 14.4 Å². The lowest BCUT2D eigenvalue weighted by molar-refractivity contribution is -0.142. The van der Waals surface area contributed by atoms with Crippen LogP contribution in [0.5, 0.6) is 0 Å². The van der Waals surface area contributed by atoms with Gasteiger partial charge >= 0.3 is 5.97 Å². The number of amides is 4. The predicted molar refractivity (Wildman–Crippen MR) is 191 cm³/mol. The van der Waals surface area contributed by atoms with Crippen LogP contribution in [0.15, 0.2) is 0 Å². The highest BCUT2D eigenvalue weighted by Crippen LogP contribution is 2.40. The number of alkyl halides is 2. The Bertz CT molecular complexity index is 1030. The molecule has 0 bridgehead atoms. The van der Waals surface area contributed by atoms with Crippen molar-refractivity contribution in [2.75, 3.05) is 55.6 Å².